The molecule has 2 nitrogen and oxygen atoms in total. The first kappa shape index (κ1) is 14.5. The van der Waals surface area contributed by atoms with Crippen LogP contribution in [0.15, 0.2) is 54.6 Å². The van der Waals surface area contributed by atoms with Crippen LogP contribution in [0.2, 0.25) is 0 Å². The summed E-state index contributed by atoms with van der Waals surface area (Å²) in [6.45, 7) is 1.73. The van der Waals surface area contributed by atoms with E-state index in [9.17, 15) is 9.18 Å². The van der Waals surface area contributed by atoms with Gasteiger partial charge in [-0.1, -0.05) is 48.5 Å². The molecule has 0 saturated carbocycles. The number of hydrogen-bond donors (Lipinski definition) is 1. The minimum atomic E-state index is -0.787. The van der Waals surface area contributed by atoms with E-state index in [1.54, 1.807) is 37.3 Å². The Labute approximate surface area is 122 Å². The molecular weight excluding hydrogens is 277 g/mol. The van der Waals surface area contributed by atoms with Gasteiger partial charge >= 0.3 is 0 Å². The molecule has 4 heteroatoms. The summed E-state index contributed by atoms with van der Waals surface area (Å²) in [6, 6.07) is 15.0. The Morgan fingerprint density at radius 3 is 2.35 bits per heavy atom. The number of nitrogens with one attached hydrogen (secondary N) is 1. The third-order valence-corrected chi connectivity index (χ3v) is 3.50. The maximum Gasteiger partial charge on any atom is 0.243 e. The van der Waals surface area contributed by atoms with Crippen LogP contribution in [-0.2, 0) is 4.79 Å². The molecule has 0 saturated heterocycles. The smallest absolute Gasteiger partial charge is 0.243 e. The van der Waals surface area contributed by atoms with E-state index in [0.29, 0.717) is 11.1 Å². The molecule has 0 aliphatic rings. The van der Waals surface area contributed by atoms with Crippen molar-refractivity contribution in [2.24, 2.45) is 0 Å². The second-order valence-electron chi connectivity index (χ2n) is 4.53. The predicted octanol–water partition coefficient (Wildman–Crippen LogP) is 3.98. The highest BCUT2D eigenvalue weighted by Gasteiger charge is 2.20. The van der Waals surface area contributed by atoms with Crippen molar-refractivity contribution >= 4 is 17.5 Å². The van der Waals surface area contributed by atoms with Crippen molar-refractivity contribution in [3.8, 4) is 0 Å². The average molecular weight is 292 g/mol. The van der Waals surface area contributed by atoms with Crippen molar-refractivity contribution in [3.63, 3.8) is 0 Å². The van der Waals surface area contributed by atoms with Crippen LogP contribution in [-0.4, -0.2) is 5.91 Å². The van der Waals surface area contributed by atoms with Gasteiger partial charge in [0, 0.05) is 5.56 Å². The zero-order valence-corrected chi connectivity index (χ0v) is 11.8. The quantitative estimate of drug-likeness (QED) is 0.848. The average Bonchev–Trinajstić information content (AvgIpc) is 2.47. The molecule has 0 aliphatic heterocycles. The van der Waals surface area contributed by atoms with Crippen LogP contribution < -0.4 is 5.32 Å². The van der Waals surface area contributed by atoms with Crippen molar-refractivity contribution in [2.45, 2.75) is 18.3 Å². The molecule has 2 aromatic carbocycles. The SMILES string of the molecule is C[C@@H](NC(=O)C(Cl)c1ccccc1)c1ccccc1F. The summed E-state index contributed by atoms with van der Waals surface area (Å²) in [5.41, 5.74) is 1.16. The summed E-state index contributed by atoms with van der Waals surface area (Å²) in [5, 5.41) is 1.94. The largest absolute Gasteiger partial charge is 0.348 e. The minimum Gasteiger partial charge on any atom is -0.348 e. The van der Waals surface area contributed by atoms with Gasteiger partial charge in [-0.25, -0.2) is 4.39 Å². The van der Waals surface area contributed by atoms with E-state index >= 15 is 0 Å². The van der Waals surface area contributed by atoms with Crippen molar-refractivity contribution in [1.82, 2.24) is 5.32 Å². The highest BCUT2D eigenvalue weighted by Crippen LogP contribution is 2.22. The second-order valence-corrected chi connectivity index (χ2v) is 4.96. The third kappa shape index (κ3) is 3.36. The molecule has 1 N–H and O–H groups in total. The summed E-state index contributed by atoms with van der Waals surface area (Å²) in [5.74, 6) is -0.681. The zero-order valence-electron chi connectivity index (χ0n) is 11.0. The van der Waals surface area contributed by atoms with E-state index in [-0.39, 0.29) is 11.7 Å². The minimum absolute atomic E-state index is 0.339. The Balaban J connectivity index is 2.07. The third-order valence-electron chi connectivity index (χ3n) is 3.05. The van der Waals surface area contributed by atoms with Gasteiger partial charge in [0.25, 0.3) is 0 Å². The Hall–Kier alpha value is -1.87. The van der Waals surface area contributed by atoms with E-state index in [4.69, 9.17) is 11.6 Å². The molecule has 0 aromatic heterocycles. The maximum atomic E-state index is 13.6. The van der Waals surface area contributed by atoms with E-state index in [1.807, 2.05) is 18.2 Å². The van der Waals surface area contributed by atoms with Gasteiger partial charge in [0.05, 0.1) is 6.04 Å². The van der Waals surface area contributed by atoms with Gasteiger partial charge in [-0.05, 0) is 18.6 Å². The Kier molecular flexibility index (Phi) is 4.74. The fourth-order valence-electron chi connectivity index (χ4n) is 1.96. The van der Waals surface area contributed by atoms with E-state index in [2.05, 4.69) is 5.32 Å². The molecule has 0 aliphatic carbocycles. The van der Waals surface area contributed by atoms with E-state index < -0.39 is 11.4 Å². The number of benzene rings is 2. The lowest BCUT2D eigenvalue weighted by molar-refractivity contribution is -0.121. The van der Waals surface area contributed by atoms with Gasteiger partial charge in [0.2, 0.25) is 5.91 Å². The first-order chi connectivity index (χ1) is 9.59. The van der Waals surface area contributed by atoms with Crippen molar-refractivity contribution in [2.75, 3.05) is 0 Å². The lowest BCUT2D eigenvalue weighted by Gasteiger charge is -2.17. The molecule has 0 fully saturated rings. The standard InChI is InChI=1S/C16H15ClFNO/c1-11(13-9-5-6-10-14(13)18)19-16(20)15(17)12-7-3-2-4-8-12/h2-11,15H,1H3,(H,19,20)/t11-,15?/m1/s1. The molecule has 20 heavy (non-hydrogen) atoms. The van der Waals surface area contributed by atoms with Crippen LogP contribution in [0.3, 0.4) is 0 Å². The first-order valence-electron chi connectivity index (χ1n) is 6.33. The number of alkyl halides is 1. The Morgan fingerprint density at radius 2 is 1.70 bits per heavy atom. The van der Waals surface area contributed by atoms with E-state index in [0.717, 1.165) is 0 Å². The number of carbonyl (C=O) groups is 1. The fraction of sp³-hybridized carbons (Fsp3) is 0.188. The number of carbonyl (C=O) groups excluding carboxylic acids is 1. The number of rotatable bonds is 4. The Bertz CT molecular complexity index is 588. The molecule has 0 heterocycles. The second kappa shape index (κ2) is 6.53. The van der Waals surface area contributed by atoms with Crippen LogP contribution in [0, 0.1) is 5.82 Å². The monoisotopic (exact) mass is 291 g/mol. The molecule has 0 spiro atoms. The van der Waals surface area contributed by atoms with Gasteiger partial charge in [-0.2, -0.15) is 0 Å². The molecule has 1 unspecified atom stereocenters. The molecule has 1 amide bonds. The van der Waals surface area contributed by atoms with Crippen LogP contribution in [0.25, 0.3) is 0 Å². The zero-order chi connectivity index (χ0) is 14.5. The lowest BCUT2D eigenvalue weighted by atomic mass is 10.1. The molecule has 0 bridgehead atoms. The molecule has 2 aromatic rings. The van der Waals surface area contributed by atoms with Crippen molar-refractivity contribution in [3.05, 3.63) is 71.5 Å². The summed E-state index contributed by atoms with van der Waals surface area (Å²) < 4.78 is 13.6. The Morgan fingerprint density at radius 1 is 1.10 bits per heavy atom. The summed E-state index contributed by atoms with van der Waals surface area (Å²) in [4.78, 5) is 12.1. The molecule has 2 atom stereocenters. The number of hydrogen-bond acceptors (Lipinski definition) is 1. The van der Waals surface area contributed by atoms with E-state index in [1.165, 1.54) is 6.07 Å². The first-order valence-corrected chi connectivity index (χ1v) is 6.77. The van der Waals surface area contributed by atoms with Crippen LogP contribution >= 0.6 is 11.6 Å². The van der Waals surface area contributed by atoms with Gasteiger partial charge < -0.3 is 5.32 Å². The van der Waals surface area contributed by atoms with Gasteiger partial charge in [-0.15, -0.1) is 11.6 Å². The van der Waals surface area contributed by atoms with Gasteiger partial charge in [0.15, 0.2) is 0 Å². The van der Waals surface area contributed by atoms with Crippen LogP contribution in [0.4, 0.5) is 4.39 Å². The normalized spacial score (nSPS) is 13.6. The number of amides is 1. The summed E-state index contributed by atoms with van der Waals surface area (Å²) in [7, 11) is 0. The topological polar surface area (TPSA) is 29.1 Å². The summed E-state index contributed by atoms with van der Waals surface area (Å²) in [6.07, 6.45) is 0. The van der Waals surface area contributed by atoms with Crippen molar-refractivity contribution in [1.29, 1.82) is 0 Å². The van der Waals surface area contributed by atoms with Gasteiger partial charge in [-0.3, -0.25) is 4.79 Å². The molecule has 2 rings (SSSR count). The molecule has 0 radical (unpaired) electrons. The molecular formula is C16H15ClFNO. The summed E-state index contributed by atoms with van der Waals surface area (Å²) >= 11 is 6.12. The fourth-order valence-corrected chi connectivity index (χ4v) is 2.17. The lowest BCUT2D eigenvalue weighted by Crippen LogP contribution is -2.30. The van der Waals surface area contributed by atoms with Crippen LogP contribution in [0.5, 0.6) is 0 Å². The highest BCUT2D eigenvalue weighted by atomic mass is 35.5. The number of halogens is 2. The molecule has 104 valence electrons. The maximum absolute atomic E-state index is 13.6. The predicted molar refractivity (Wildman–Crippen MR) is 78.0 cm³/mol. The van der Waals surface area contributed by atoms with Crippen LogP contribution in [0.1, 0.15) is 29.5 Å². The van der Waals surface area contributed by atoms with Crippen molar-refractivity contribution < 1.29 is 9.18 Å². The van der Waals surface area contributed by atoms with Gasteiger partial charge in [0.1, 0.15) is 11.2 Å². The highest BCUT2D eigenvalue weighted by molar-refractivity contribution is 6.30.